The Morgan fingerprint density at radius 3 is 2.33 bits per heavy atom. The first-order valence-electron chi connectivity index (χ1n) is 15.2. The Balaban J connectivity index is 1.87. The number of benzene rings is 1. The third kappa shape index (κ3) is 9.41. The molecule has 266 valence electrons. The number of nitrogens with one attached hydrogen (secondary N) is 3. The number of amides is 2. The summed E-state index contributed by atoms with van der Waals surface area (Å²) in [4.78, 5) is 67.1. The molecule has 17 heteroatoms. The Morgan fingerprint density at radius 2 is 1.75 bits per heavy atom. The van der Waals surface area contributed by atoms with Crippen molar-refractivity contribution in [3.05, 3.63) is 54.8 Å². The van der Waals surface area contributed by atoms with Gasteiger partial charge in [0, 0.05) is 24.4 Å². The molecular formula is C31H41Cl2FN4O10. The number of aromatic nitrogens is 2. The van der Waals surface area contributed by atoms with E-state index in [1.807, 2.05) is 0 Å². The molecule has 14 nitrogen and oxygen atoms in total. The van der Waals surface area contributed by atoms with Crippen molar-refractivity contribution in [1.29, 1.82) is 0 Å². The second-order valence-electron chi connectivity index (χ2n) is 12.3. The quantitative estimate of drug-likeness (QED) is 0.274. The normalized spacial score (nSPS) is 20.5. The summed E-state index contributed by atoms with van der Waals surface area (Å²) in [5.41, 5.74) is -2.44. The van der Waals surface area contributed by atoms with Crippen LogP contribution in [-0.2, 0) is 30.2 Å². The van der Waals surface area contributed by atoms with Gasteiger partial charge in [-0.3, -0.25) is 9.59 Å². The van der Waals surface area contributed by atoms with Crippen molar-refractivity contribution in [3.63, 3.8) is 0 Å². The molecule has 1 aromatic heterocycles. The zero-order valence-corrected chi connectivity index (χ0v) is 29.4. The highest BCUT2D eigenvalue weighted by Gasteiger charge is 2.50. The summed E-state index contributed by atoms with van der Waals surface area (Å²) >= 11 is 12.3. The van der Waals surface area contributed by atoms with E-state index >= 15 is 4.39 Å². The molecule has 2 heterocycles. The van der Waals surface area contributed by atoms with Crippen LogP contribution in [-0.4, -0.2) is 77.3 Å². The van der Waals surface area contributed by atoms with E-state index in [1.165, 1.54) is 32.4 Å². The highest BCUT2D eigenvalue weighted by atomic mass is 35.5. The van der Waals surface area contributed by atoms with Gasteiger partial charge in [0.1, 0.15) is 29.2 Å². The lowest BCUT2D eigenvalue weighted by Crippen LogP contribution is -2.50. The van der Waals surface area contributed by atoms with E-state index in [2.05, 4.69) is 15.6 Å². The maximum atomic E-state index is 16.2. The van der Waals surface area contributed by atoms with Gasteiger partial charge in [-0.25, -0.2) is 23.3 Å². The Labute approximate surface area is 286 Å². The molecule has 0 aliphatic carbocycles. The molecule has 1 aliphatic heterocycles. The van der Waals surface area contributed by atoms with Gasteiger partial charge in [0.15, 0.2) is 24.6 Å². The zero-order chi connectivity index (χ0) is 36.1. The molecule has 3 rings (SSSR count). The number of hydrogen-bond acceptors (Lipinski definition) is 10. The smallest absolute Gasteiger partial charge is 0.408 e. The minimum absolute atomic E-state index is 0.0972. The number of aryl methyl sites for hydroxylation is 1. The SMILES string of the molecule is CCc1c[nH]c(=O)n([C@@H]2O[C@H](CNC(=O)[C@H](C)Oc3cc(OC)c(Cl)cc3Cl)[C@@H](OC(=O)[C@@H](NC(=O)OC(C)(C)C)C(C)C)[C@@H]2F)c1=O. The summed E-state index contributed by atoms with van der Waals surface area (Å²) in [6.45, 7) is 10.8. The maximum Gasteiger partial charge on any atom is 0.408 e. The Kier molecular flexibility index (Phi) is 12.9. The van der Waals surface area contributed by atoms with E-state index in [-0.39, 0.29) is 33.5 Å². The average Bonchev–Trinajstić information content (AvgIpc) is 3.28. The summed E-state index contributed by atoms with van der Waals surface area (Å²) in [6.07, 6.45) is -7.79. The van der Waals surface area contributed by atoms with Gasteiger partial charge in [-0.2, -0.15) is 0 Å². The molecular weight excluding hydrogens is 678 g/mol. The lowest BCUT2D eigenvalue weighted by molar-refractivity contribution is -0.157. The van der Waals surface area contributed by atoms with Gasteiger partial charge in [0.25, 0.3) is 11.5 Å². The molecule has 6 atom stereocenters. The van der Waals surface area contributed by atoms with E-state index in [1.54, 1.807) is 41.5 Å². The fourth-order valence-electron chi connectivity index (χ4n) is 4.70. The van der Waals surface area contributed by atoms with Gasteiger partial charge in [-0.15, -0.1) is 0 Å². The number of alkyl halides is 1. The van der Waals surface area contributed by atoms with Crippen LogP contribution in [0, 0.1) is 5.92 Å². The molecule has 1 aromatic carbocycles. The number of hydrogen-bond donors (Lipinski definition) is 3. The number of halogens is 3. The molecule has 0 unspecified atom stereocenters. The fraction of sp³-hybridized carbons (Fsp3) is 0.581. The van der Waals surface area contributed by atoms with Crippen molar-refractivity contribution in [1.82, 2.24) is 20.2 Å². The molecule has 3 N–H and O–H groups in total. The Hall–Kier alpha value is -3.82. The van der Waals surface area contributed by atoms with Crippen molar-refractivity contribution in [2.24, 2.45) is 5.92 Å². The number of aromatic amines is 1. The highest BCUT2D eigenvalue weighted by Crippen LogP contribution is 2.36. The zero-order valence-electron chi connectivity index (χ0n) is 27.9. The van der Waals surface area contributed by atoms with E-state index in [0.717, 1.165) is 0 Å². The Bertz CT molecular complexity index is 1610. The van der Waals surface area contributed by atoms with Crippen molar-refractivity contribution in [3.8, 4) is 11.5 Å². The van der Waals surface area contributed by atoms with Crippen LogP contribution in [0.3, 0.4) is 0 Å². The molecule has 0 bridgehead atoms. The summed E-state index contributed by atoms with van der Waals surface area (Å²) in [5, 5.41) is 5.32. The molecule has 1 fully saturated rings. The third-order valence-electron chi connectivity index (χ3n) is 7.19. The number of ether oxygens (including phenoxy) is 5. The number of alkyl carbamates (subject to hydrolysis) is 1. The van der Waals surface area contributed by atoms with Crippen LogP contribution in [0.4, 0.5) is 9.18 Å². The van der Waals surface area contributed by atoms with Crippen LogP contribution in [0.1, 0.15) is 60.3 Å². The standard InChI is InChI=1S/C31H41Cl2FN4O10/c1-9-16-12-36-29(42)38(26(16)40)27-22(34)24(47-28(41)23(14(2)3)37-30(43)48-31(5,6)7)21(46-27)13-35-25(39)15(4)45-20-11-19(44-8)17(32)10-18(20)33/h10-12,14-15,21-24,27H,9,13H2,1-8H3,(H,35,39)(H,36,42)(H,37,43)/t15-,21+,22-,23-,24+,27+/m0/s1. The average molecular weight is 720 g/mol. The second kappa shape index (κ2) is 16.1. The number of H-pyrrole nitrogens is 1. The van der Waals surface area contributed by atoms with Crippen molar-refractivity contribution >= 4 is 41.2 Å². The minimum atomic E-state index is -2.25. The lowest BCUT2D eigenvalue weighted by Gasteiger charge is -2.27. The number of rotatable bonds is 12. The lowest BCUT2D eigenvalue weighted by atomic mass is 10.0. The first-order valence-corrected chi connectivity index (χ1v) is 15.9. The minimum Gasteiger partial charge on any atom is -0.495 e. The van der Waals surface area contributed by atoms with Crippen LogP contribution >= 0.6 is 23.2 Å². The number of carbonyl (C=O) groups excluding carboxylic acids is 3. The van der Waals surface area contributed by atoms with Gasteiger partial charge in [0.05, 0.1) is 17.2 Å². The largest absolute Gasteiger partial charge is 0.495 e. The van der Waals surface area contributed by atoms with E-state index in [9.17, 15) is 24.0 Å². The predicted octanol–water partition coefficient (Wildman–Crippen LogP) is 3.69. The van der Waals surface area contributed by atoms with Gasteiger partial charge >= 0.3 is 17.8 Å². The highest BCUT2D eigenvalue weighted by molar-refractivity contribution is 6.36. The molecule has 2 aromatic rings. The first-order chi connectivity index (χ1) is 22.4. The molecule has 0 radical (unpaired) electrons. The van der Waals surface area contributed by atoms with Crippen LogP contribution in [0.25, 0.3) is 0 Å². The topological polar surface area (TPSA) is 176 Å². The van der Waals surface area contributed by atoms with E-state index < -0.39 is 84.0 Å². The second-order valence-corrected chi connectivity index (χ2v) is 13.2. The molecule has 2 amide bonds. The van der Waals surface area contributed by atoms with Gasteiger partial charge < -0.3 is 39.3 Å². The molecule has 0 spiro atoms. The molecule has 1 saturated heterocycles. The van der Waals surface area contributed by atoms with Crippen LogP contribution in [0.5, 0.6) is 11.5 Å². The number of nitrogens with zero attached hydrogens (tertiary/aromatic N) is 1. The van der Waals surface area contributed by atoms with Crippen LogP contribution < -0.4 is 31.4 Å². The van der Waals surface area contributed by atoms with Crippen LogP contribution in [0.2, 0.25) is 10.0 Å². The number of esters is 1. The summed E-state index contributed by atoms with van der Waals surface area (Å²) < 4.78 is 44.2. The van der Waals surface area contributed by atoms with Crippen molar-refractivity contribution in [2.45, 2.75) is 97.2 Å². The van der Waals surface area contributed by atoms with Crippen molar-refractivity contribution < 1.29 is 42.5 Å². The van der Waals surface area contributed by atoms with Crippen molar-refractivity contribution in [2.75, 3.05) is 13.7 Å². The van der Waals surface area contributed by atoms with E-state index in [0.29, 0.717) is 4.57 Å². The summed E-state index contributed by atoms with van der Waals surface area (Å²) in [7, 11) is 1.39. The monoisotopic (exact) mass is 718 g/mol. The predicted molar refractivity (Wildman–Crippen MR) is 173 cm³/mol. The van der Waals surface area contributed by atoms with Crippen LogP contribution in [0.15, 0.2) is 27.9 Å². The third-order valence-corrected chi connectivity index (χ3v) is 7.78. The fourth-order valence-corrected chi connectivity index (χ4v) is 5.21. The Morgan fingerprint density at radius 1 is 1.10 bits per heavy atom. The first kappa shape index (κ1) is 38.6. The molecule has 1 aliphatic rings. The molecule has 48 heavy (non-hydrogen) atoms. The van der Waals surface area contributed by atoms with Gasteiger partial charge in [-0.05, 0) is 46.1 Å². The maximum absolute atomic E-state index is 16.2. The summed E-state index contributed by atoms with van der Waals surface area (Å²) in [6, 6.07) is 1.51. The van der Waals surface area contributed by atoms with E-state index in [4.69, 9.17) is 46.9 Å². The molecule has 0 saturated carbocycles. The number of carbonyl (C=O) groups is 3. The summed E-state index contributed by atoms with van der Waals surface area (Å²) in [5.74, 6) is -1.90. The van der Waals surface area contributed by atoms with Gasteiger partial charge in [0.2, 0.25) is 0 Å². The van der Waals surface area contributed by atoms with Gasteiger partial charge in [-0.1, -0.05) is 44.0 Å². The number of methoxy groups -OCH3 is 1.